The zero-order chi connectivity index (χ0) is 14.3. The van der Waals surface area contributed by atoms with Crippen LogP contribution in [0.1, 0.15) is 33.1 Å². The Morgan fingerprint density at radius 1 is 1.26 bits per heavy atom. The lowest BCUT2D eigenvalue weighted by Gasteiger charge is -2.17. The minimum atomic E-state index is -0.267. The average Bonchev–Trinajstić information content (AvgIpc) is 2.38. The summed E-state index contributed by atoms with van der Waals surface area (Å²) in [6, 6.07) is 5.56. The first-order chi connectivity index (χ1) is 9.06. The number of benzene rings is 1. The summed E-state index contributed by atoms with van der Waals surface area (Å²) in [6.07, 6.45) is 3.35. The summed E-state index contributed by atoms with van der Waals surface area (Å²) < 4.78 is 1.88. The van der Waals surface area contributed by atoms with Gasteiger partial charge in [-0.1, -0.05) is 25.8 Å². The fourth-order valence-corrected chi connectivity index (χ4v) is 2.88. The molecule has 0 spiro atoms. The molecule has 0 aliphatic rings. The summed E-state index contributed by atoms with van der Waals surface area (Å²) in [5.41, 5.74) is 0.902. The van der Waals surface area contributed by atoms with Crippen LogP contribution in [0.25, 0.3) is 0 Å². The molecular formula is C14H20Br2N2O. The minimum Gasteiger partial charge on any atom is -0.372 e. The Hall–Kier alpha value is -0.550. The highest BCUT2D eigenvalue weighted by Crippen LogP contribution is 2.30. The van der Waals surface area contributed by atoms with E-state index < -0.39 is 0 Å². The second-order valence-electron chi connectivity index (χ2n) is 4.46. The number of amides is 1. The summed E-state index contributed by atoms with van der Waals surface area (Å²) in [6.45, 7) is 4.76. The van der Waals surface area contributed by atoms with Crippen molar-refractivity contribution in [1.82, 2.24) is 5.32 Å². The molecule has 0 fully saturated rings. The van der Waals surface area contributed by atoms with Crippen LogP contribution in [0, 0.1) is 0 Å². The van der Waals surface area contributed by atoms with Crippen molar-refractivity contribution in [1.29, 1.82) is 0 Å². The number of rotatable bonds is 7. The van der Waals surface area contributed by atoms with Crippen LogP contribution in [0.3, 0.4) is 0 Å². The fourth-order valence-electron chi connectivity index (χ4n) is 1.66. The number of anilines is 1. The lowest BCUT2D eigenvalue weighted by molar-refractivity contribution is -0.121. The van der Waals surface area contributed by atoms with Crippen molar-refractivity contribution in [2.24, 2.45) is 0 Å². The molecule has 1 amide bonds. The molecule has 1 unspecified atom stereocenters. The molecule has 1 aromatic carbocycles. The van der Waals surface area contributed by atoms with E-state index in [1.807, 2.05) is 25.1 Å². The number of hydrogen-bond donors (Lipinski definition) is 2. The highest BCUT2D eigenvalue weighted by molar-refractivity contribution is 9.11. The van der Waals surface area contributed by atoms with Crippen LogP contribution in [0.15, 0.2) is 27.1 Å². The lowest BCUT2D eigenvalue weighted by Crippen LogP contribution is -2.38. The van der Waals surface area contributed by atoms with E-state index in [-0.39, 0.29) is 11.9 Å². The Morgan fingerprint density at radius 2 is 1.89 bits per heavy atom. The largest absolute Gasteiger partial charge is 0.372 e. The zero-order valence-corrected chi connectivity index (χ0v) is 14.5. The predicted molar refractivity (Wildman–Crippen MR) is 87.5 cm³/mol. The Balaban J connectivity index is 2.50. The first kappa shape index (κ1) is 16.5. The molecule has 0 heterocycles. The van der Waals surface area contributed by atoms with Gasteiger partial charge in [-0.05, 0) is 57.3 Å². The molecule has 19 heavy (non-hydrogen) atoms. The molecule has 1 rings (SSSR count). The Morgan fingerprint density at radius 3 is 2.47 bits per heavy atom. The van der Waals surface area contributed by atoms with E-state index in [1.165, 1.54) is 0 Å². The molecule has 0 aliphatic carbocycles. The van der Waals surface area contributed by atoms with Gasteiger partial charge in [-0.15, -0.1) is 0 Å². The van der Waals surface area contributed by atoms with Crippen LogP contribution in [-0.4, -0.2) is 18.5 Å². The molecule has 0 aromatic heterocycles. The van der Waals surface area contributed by atoms with Crippen LogP contribution in [0.2, 0.25) is 0 Å². The van der Waals surface area contributed by atoms with Crippen molar-refractivity contribution in [2.75, 3.05) is 11.9 Å². The summed E-state index contributed by atoms with van der Waals surface area (Å²) >= 11 is 6.95. The van der Waals surface area contributed by atoms with Gasteiger partial charge in [0.05, 0.1) is 5.69 Å². The van der Waals surface area contributed by atoms with E-state index in [4.69, 9.17) is 0 Å². The average molecular weight is 392 g/mol. The summed E-state index contributed by atoms with van der Waals surface area (Å²) in [7, 11) is 0. The Labute approximate surface area is 131 Å². The first-order valence-corrected chi connectivity index (χ1v) is 8.13. The molecule has 0 saturated heterocycles. The summed E-state index contributed by atoms with van der Waals surface area (Å²) in [5.74, 6) is 0.0266. The third kappa shape index (κ3) is 5.53. The quantitative estimate of drug-likeness (QED) is 0.679. The SMILES string of the molecule is CCCCCNC(=O)C(C)Nc1c(Br)cccc1Br. The van der Waals surface area contributed by atoms with Crippen LogP contribution >= 0.6 is 31.9 Å². The number of halogens is 2. The third-order valence-corrected chi connectivity index (χ3v) is 4.12. The second kappa shape index (κ2) is 8.59. The van der Waals surface area contributed by atoms with Crippen molar-refractivity contribution < 1.29 is 4.79 Å². The van der Waals surface area contributed by atoms with Crippen LogP contribution in [-0.2, 0) is 4.79 Å². The topological polar surface area (TPSA) is 41.1 Å². The molecule has 1 atom stereocenters. The Kier molecular flexibility index (Phi) is 7.46. The molecular weight excluding hydrogens is 372 g/mol. The van der Waals surface area contributed by atoms with Gasteiger partial charge >= 0.3 is 0 Å². The van der Waals surface area contributed by atoms with E-state index in [2.05, 4.69) is 49.4 Å². The maximum absolute atomic E-state index is 11.9. The number of para-hydroxylation sites is 1. The molecule has 106 valence electrons. The minimum absolute atomic E-state index is 0.0266. The molecule has 1 aromatic rings. The number of carbonyl (C=O) groups excluding carboxylic acids is 1. The molecule has 5 heteroatoms. The first-order valence-electron chi connectivity index (χ1n) is 6.54. The number of carbonyl (C=O) groups is 1. The van der Waals surface area contributed by atoms with E-state index >= 15 is 0 Å². The fraction of sp³-hybridized carbons (Fsp3) is 0.500. The molecule has 0 bridgehead atoms. The van der Waals surface area contributed by atoms with Gasteiger partial charge < -0.3 is 10.6 Å². The van der Waals surface area contributed by atoms with Gasteiger partial charge in [0.2, 0.25) is 5.91 Å². The zero-order valence-electron chi connectivity index (χ0n) is 11.3. The van der Waals surface area contributed by atoms with Crippen molar-refractivity contribution >= 4 is 43.5 Å². The van der Waals surface area contributed by atoms with Crippen molar-refractivity contribution in [3.8, 4) is 0 Å². The Bertz CT molecular complexity index is 404. The summed E-state index contributed by atoms with van der Waals surface area (Å²) in [5, 5.41) is 6.16. The highest BCUT2D eigenvalue weighted by Gasteiger charge is 2.14. The van der Waals surface area contributed by atoms with E-state index in [9.17, 15) is 4.79 Å². The van der Waals surface area contributed by atoms with Crippen LogP contribution in [0.5, 0.6) is 0 Å². The van der Waals surface area contributed by atoms with E-state index in [0.29, 0.717) is 0 Å². The van der Waals surface area contributed by atoms with Gasteiger partial charge in [-0.2, -0.15) is 0 Å². The van der Waals surface area contributed by atoms with Crippen molar-refractivity contribution in [3.05, 3.63) is 27.1 Å². The lowest BCUT2D eigenvalue weighted by atomic mass is 10.2. The van der Waals surface area contributed by atoms with Crippen LogP contribution < -0.4 is 10.6 Å². The normalized spacial score (nSPS) is 12.0. The van der Waals surface area contributed by atoms with Crippen molar-refractivity contribution in [3.63, 3.8) is 0 Å². The molecule has 2 N–H and O–H groups in total. The van der Waals surface area contributed by atoms with Gasteiger partial charge in [-0.25, -0.2) is 0 Å². The molecule has 0 aliphatic heterocycles. The number of unbranched alkanes of at least 4 members (excludes halogenated alkanes) is 2. The number of hydrogen-bond acceptors (Lipinski definition) is 2. The number of nitrogens with one attached hydrogen (secondary N) is 2. The standard InChI is InChI=1S/C14H20Br2N2O/c1-3-4-5-9-17-14(19)10(2)18-13-11(15)7-6-8-12(13)16/h6-8,10,18H,3-5,9H2,1-2H3,(H,17,19). The molecule has 0 saturated carbocycles. The van der Waals surface area contributed by atoms with E-state index in [1.54, 1.807) is 0 Å². The highest BCUT2D eigenvalue weighted by atomic mass is 79.9. The third-order valence-electron chi connectivity index (χ3n) is 2.80. The molecule has 3 nitrogen and oxygen atoms in total. The van der Waals surface area contributed by atoms with Gasteiger partial charge in [-0.3, -0.25) is 4.79 Å². The van der Waals surface area contributed by atoms with Crippen molar-refractivity contribution in [2.45, 2.75) is 39.2 Å². The van der Waals surface area contributed by atoms with E-state index in [0.717, 1.165) is 40.4 Å². The second-order valence-corrected chi connectivity index (χ2v) is 6.17. The maximum atomic E-state index is 11.9. The molecule has 0 radical (unpaired) electrons. The monoisotopic (exact) mass is 390 g/mol. The smallest absolute Gasteiger partial charge is 0.242 e. The maximum Gasteiger partial charge on any atom is 0.242 e. The van der Waals surface area contributed by atoms with Gasteiger partial charge in [0.25, 0.3) is 0 Å². The van der Waals surface area contributed by atoms with Crippen LogP contribution in [0.4, 0.5) is 5.69 Å². The van der Waals surface area contributed by atoms with Gasteiger partial charge in [0.15, 0.2) is 0 Å². The summed E-state index contributed by atoms with van der Waals surface area (Å²) in [4.78, 5) is 11.9. The predicted octanol–water partition coefficient (Wildman–Crippen LogP) is 4.32. The van der Waals surface area contributed by atoms with Gasteiger partial charge in [0.1, 0.15) is 6.04 Å². The van der Waals surface area contributed by atoms with Gasteiger partial charge in [0, 0.05) is 15.5 Å².